The first kappa shape index (κ1) is 24.0. The molecule has 0 atom stereocenters. The second-order valence-electron chi connectivity index (χ2n) is 9.04. The minimum Gasteiger partial charge on any atom is -0.493 e. The topological polar surface area (TPSA) is 77.2 Å². The zero-order valence-electron chi connectivity index (χ0n) is 19.9. The van der Waals surface area contributed by atoms with Gasteiger partial charge in [-0.2, -0.15) is 4.98 Å². The maximum Gasteiger partial charge on any atom is 0.229 e. The summed E-state index contributed by atoms with van der Waals surface area (Å²) in [4.78, 5) is 15.3. The molecule has 1 aliphatic heterocycles. The second kappa shape index (κ2) is 10.9. The van der Waals surface area contributed by atoms with Gasteiger partial charge in [-0.1, -0.05) is 25.9 Å². The highest BCUT2D eigenvalue weighted by Gasteiger charge is 2.22. The molecule has 1 saturated heterocycles. The van der Waals surface area contributed by atoms with E-state index in [2.05, 4.69) is 31.9 Å². The predicted molar refractivity (Wildman–Crippen MR) is 125 cm³/mol. The molecule has 182 valence electrons. The number of anilines is 1. The first-order valence-corrected chi connectivity index (χ1v) is 12.0. The van der Waals surface area contributed by atoms with Gasteiger partial charge in [0.1, 0.15) is 17.4 Å². The molecule has 2 aromatic heterocycles. The first-order valence-electron chi connectivity index (χ1n) is 12.0. The lowest BCUT2D eigenvalue weighted by atomic mass is 9.92. The highest BCUT2D eigenvalue weighted by molar-refractivity contribution is 5.58. The molecule has 34 heavy (non-hydrogen) atoms. The number of aromatic nitrogens is 4. The third-order valence-electron chi connectivity index (χ3n) is 6.20. The van der Waals surface area contributed by atoms with E-state index < -0.39 is 11.6 Å². The summed E-state index contributed by atoms with van der Waals surface area (Å²) in [7, 11) is 0. The SMILES string of the molecule is CCc1cnc(N2CCC(CCCOc3cc(F)c(-c4noc(C(C)C)n4)c(F)c3)CC2)nc1. The van der Waals surface area contributed by atoms with Crippen LogP contribution >= 0.6 is 0 Å². The van der Waals surface area contributed by atoms with Crippen molar-refractivity contribution in [2.24, 2.45) is 5.92 Å². The molecule has 3 aromatic rings. The van der Waals surface area contributed by atoms with Crippen LogP contribution in [0.2, 0.25) is 0 Å². The smallest absolute Gasteiger partial charge is 0.229 e. The predicted octanol–water partition coefficient (Wildman–Crippen LogP) is 5.57. The van der Waals surface area contributed by atoms with Gasteiger partial charge in [-0.25, -0.2) is 18.7 Å². The molecule has 0 amide bonds. The molecule has 0 unspecified atom stereocenters. The Labute approximate surface area is 198 Å². The van der Waals surface area contributed by atoms with Gasteiger partial charge < -0.3 is 14.2 Å². The molecule has 7 nitrogen and oxygen atoms in total. The lowest BCUT2D eigenvalue weighted by Gasteiger charge is -2.32. The van der Waals surface area contributed by atoms with Crippen molar-refractivity contribution in [1.82, 2.24) is 20.1 Å². The number of ether oxygens (including phenoxy) is 1. The fourth-order valence-corrected chi connectivity index (χ4v) is 4.10. The van der Waals surface area contributed by atoms with Gasteiger partial charge in [-0.15, -0.1) is 0 Å². The van der Waals surface area contributed by atoms with Crippen molar-refractivity contribution in [3.63, 3.8) is 0 Å². The van der Waals surface area contributed by atoms with Crippen LogP contribution in [-0.2, 0) is 6.42 Å². The van der Waals surface area contributed by atoms with E-state index >= 15 is 0 Å². The number of rotatable bonds is 9. The highest BCUT2D eigenvalue weighted by atomic mass is 19.1. The van der Waals surface area contributed by atoms with Gasteiger partial charge in [0.25, 0.3) is 0 Å². The fraction of sp³-hybridized carbons (Fsp3) is 0.520. The molecule has 3 heterocycles. The van der Waals surface area contributed by atoms with Crippen LogP contribution in [0.25, 0.3) is 11.4 Å². The van der Waals surface area contributed by atoms with E-state index in [1.54, 1.807) is 0 Å². The van der Waals surface area contributed by atoms with E-state index in [0.717, 1.165) is 56.7 Å². The largest absolute Gasteiger partial charge is 0.493 e. The Morgan fingerprint density at radius 1 is 1.12 bits per heavy atom. The zero-order chi connectivity index (χ0) is 24.1. The number of nitrogens with zero attached hydrogens (tertiary/aromatic N) is 5. The maximum atomic E-state index is 14.6. The van der Waals surface area contributed by atoms with Crippen LogP contribution in [0.4, 0.5) is 14.7 Å². The Morgan fingerprint density at radius 3 is 2.38 bits per heavy atom. The van der Waals surface area contributed by atoms with Crippen LogP contribution < -0.4 is 9.64 Å². The third-order valence-corrected chi connectivity index (χ3v) is 6.20. The molecule has 0 saturated carbocycles. The molecule has 4 rings (SSSR count). The summed E-state index contributed by atoms with van der Waals surface area (Å²) in [6.45, 7) is 8.09. The van der Waals surface area contributed by atoms with Crippen LogP contribution in [-0.4, -0.2) is 39.8 Å². The summed E-state index contributed by atoms with van der Waals surface area (Å²) in [5.74, 6) is 0.231. The Hall–Kier alpha value is -3.10. The molecule has 0 N–H and O–H groups in total. The maximum absolute atomic E-state index is 14.6. The molecule has 1 fully saturated rings. The summed E-state index contributed by atoms with van der Waals surface area (Å²) in [6.07, 6.45) is 8.70. The second-order valence-corrected chi connectivity index (χ2v) is 9.04. The van der Waals surface area contributed by atoms with Gasteiger partial charge >= 0.3 is 0 Å². The number of piperidine rings is 1. The number of hydrogen-bond acceptors (Lipinski definition) is 7. The summed E-state index contributed by atoms with van der Waals surface area (Å²) >= 11 is 0. The minimum atomic E-state index is -0.771. The molecule has 0 aliphatic carbocycles. The van der Waals surface area contributed by atoms with Crippen molar-refractivity contribution in [3.05, 3.63) is 47.6 Å². The Morgan fingerprint density at radius 2 is 1.79 bits per heavy atom. The van der Waals surface area contributed by atoms with Crippen molar-refractivity contribution >= 4 is 5.95 Å². The van der Waals surface area contributed by atoms with Crippen molar-refractivity contribution in [2.75, 3.05) is 24.6 Å². The van der Waals surface area contributed by atoms with Crippen molar-refractivity contribution in [2.45, 2.75) is 58.8 Å². The van der Waals surface area contributed by atoms with Gasteiger partial charge in [0.15, 0.2) is 0 Å². The number of benzene rings is 1. The minimum absolute atomic E-state index is 0.0251. The van der Waals surface area contributed by atoms with Crippen molar-refractivity contribution in [3.8, 4) is 17.1 Å². The summed E-state index contributed by atoms with van der Waals surface area (Å²) in [5, 5.41) is 3.70. The molecule has 0 spiro atoms. The van der Waals surface area contributed by atoms with Crippen LogP contribution in [0.1, 0.15) is 63.8 Å². The van der Waals surface area contributed by atoms with Crippen LogP contribution in [0, 0.1) is 17.6 Å². The number of aryl methyl sites for hydroxylation is 1. The van der Waals surface area contributed by atoms with Gasteiger partial charge in [0.2, 0.25) is 17.7 Å². The van der Waals surface area contributed by atoms with Crippen molar-refractivity contribution < 1.29 is 18.0 Å². The molecule has 1 aromatic carbocycles. The van der Waals surface area contributed by atoms with Crippen LogP contribution in [0.3, 0.4) is 0 Å². The standard InChI is InChI=1S/C25H31F2N5O2/c1-4-17-14-28-25(29-15-17)32-9-7-18(8-10-32)6-5-11-33-19-12-20(26)22(21(27)13-19)23-30-24(16(2)3)34-31-23/h12-16,18H,4-11H2,1-3H3. The van der Waals surface area contributed by atoms with E-state index in [4.69, 9.17) is 9.26 Å². The fourth-order valence-electron chi connectivity index (χ4n) is 4.10. The normalized spacial score (nSPS) is 14.7. The summed E-state index contributed by atoms with van der Waals surface area (Å²) < 4.78 is 39.8. The molecule has 9 heteroatoms. The average Bonchev–Trinajstić information content (AvgIpc) is 3.32. The first-order chi connectivity index (χ1) is 16.4. The van der Waals surface area contributed by atoms with Crippen LogP contribution in [0.5, 0.6) is 5.75 Å². The number of halogens is 2. The molecule has 0 bridgehead atoms. The molecular formula is C25H31F2N5O2. The van der Waals surface area contributed by atoms with Gasteiger partial charge in [-0.05, 0) is 43.6 Å². The lowest BCUT2D eigenvalue weighted by Crippen LogP contribution is -2.35. The average molecular weight is 472 g/mol. The lowest BCUT2D eigenvalue weighted by molar-refractivity contribution is 0.277. The number of hydrogen-bond donors (Lipinski definition) is 0. The Kier molecular flexibility index (Phi) is 7.70. The van der Waals surface area contributed by atoms with Gasteiger partial charge in [-0.3, -0.25) is 0 Å². The molecular weight excluding hydrogens is 440 g/mol. The zero-order valence-corrected chi connectivity index (χ0v) is 19.9. The van der Waals surface area contributed by atoms with Crippen LogP contribution in [0.15, 0.2) is 29.0 Å². The van der Waals surface area contributed by atoms with Gasteiger partial charge in [0.05, 0.1) is 12.2 Å². The molecule has 1 aliphatic rings. The monoisotopic (exact) mass is 471 g/mol. The molecule has 0 radical (unpaired) electrons. The van der Waals surface area contributed by atoms with E-state index in [1.807, 2.05) is 26.2 Å². The quantitative estimate of drug-likeness (QED) is 0.378. The highest BCUT2D eigenvalue weighted by Crippen LogP contribution is 2.29. The van der Waals surface area contributed by atoms with E-state index in [9.17, 15) is 8.78 Å². The van der Waals surface area contributed by atoms with E-state index in [-0.39, 0.29) is 23.1 Å². The third kappa shape index (κ3) is 5.69. The van der Waals surface area contributed by atoms with E-state index in [1.165, 1.54) is 12.1 Å². The van der Waals surface area contributed by atoms with Gasteiger partial charge in [0, 0.05) is 43.5 Å². The van der Waals surface area contributed by atoms with Crippen molar-refractivity contribution in [1.29, 1.82) is 0 Å². The Bertz CT molecular complexity index is 1060. The summed E-state index contributed by atoms with van der Waals surface area (Å²) in [6, 6.07) is 2.35. The Balaban J connectivity index is 1.23. The van der Waals surface area contributed by atoms with E-state index in [0.29, 0.717) is 18.4 Å². The summed E-state index contributed by atoms with van der Waals surface area (Å²) in [5.41, 5.74) is 0.839.